The van der Waals surface area contributed by atoms with Crippen LogP contribution >= 0.6 is 11.8 Å². The molecule has 5 rings (SSSR count). The highest BCUT2D eigenvalue weighted by atomic mass is 32.2. The maximum Gasteiger partial charge on any atom is 0.573 e. The lowest BCUT2D eigenvalue weighted by Gasteiger charge is -2.37. The van der Waals surface area contributed by atoms with Gasteiger partial charge in [-0.05, 0) is 66.6 Å². The van der Waals surface area contributed by atoms with Crippen molar-refractivity contribution >= 4 is 28.6 Å². The van der Waals surface area contributed by atoms with Gasteiger partial charge < -0.3 is 19.7 Å². The molecule has 0 aliphatic carbocycles. The molecule has 3 aromatic carbocycles. The van der Waals surface area contributed by atoms with Crippen molar-refractivity contribution in [1.82, 2.24) is 20.1 Å². The SMILES string of the molecule is COc1ccc(C(C)C)c(N2C(=NC(=O)NCC(C)c3ccc(-c4ncn(-c5ccc(OC(F)(F)F)cc5)n4)cc3)SCCC2C)c1. The number of thioether (sulfide) groups is 1. The normalized spacial score (nSPS) is 16.7. The van der Waals surface area contributed by atoms with E-state index in [1.54, 1.807) is 18.9 Å². The number of nitrogens with one attached hydrogen (secondary N) is 1. The molecule has 1 N–H and O–H groups in total. The Balaban J connectivity index is 1.22. The molecule has 2 atom stereocenters. The van der Waals surface area contributed by atoms with Crippen LogP contribution in [0, 0.1) is 0 Å². The van der Waals surface area contributed by atoms with Crippen LogP contribution in [0.5, 0.6) is 11.5 Å². The average Bonchev–Trinajstić information content (AvgIpc) is 3.53. The van der Waals surface area contributed by atoms with Crippen LogP contribution in [0.2, 0.25) is 0 Å². The molecule has 1 saturated heterocycles. The average molecular weight is 667 g/mol. The molecule has 2 amide bonds. The van der Waals surface area contributed by atoms with Crippen molar-refractivity contribution in [2.24, 2.45) is 4.99 Å². The van der Waals surface area contributed by atoms with Crippen molar-refractivity contribution in [3.8, 4) is 28.6 Å². The predicted octanol–water partition coefficient (Wildman–Crippen LogP) is 8.17. The number of rotatable bonds is 9. The van der Waals surface area contributed by atoms with Gasteiger partial charge in [0.05, 0.1) is 18.5 Å². The first kappa shape index (κ1) is 33.8. The van der Waals surface area contributed by atoms with E-state index in [0.29, 0.717) is 23.2 Å². The molecule has 1 aromatic heterocycles. The number of nitrogens with zero attached hydrogens (tertiary/aromatic N) is 5. The van der Waals surface area contributed by atoms with Gasteiger partial charge in [-0.25, -0.2) is 14.5 Å². The standard InChI is InChI=1S/C34H37F3N6O3S/c1-21(2)29-15-14-28(45-5)18-30(29)43-23(4)16-17-47-33(43)40-32(44)38-19-22(3)24-6-8-25(9-7-24)31-39-20-42(41-31)26-10-12-27(13-11-26)46-34(35,36)37/h6-15,18,20-23H,16-17,19H2,1-5H3,(H,38,44). The Hall–Kier alpha value is -4.52. The number of carbonyl (C=O) groups is 1. The van der Waals surface area contributed by atoms with Crippen LogP contribution in [0.3, 0.4) is 0 Å². The molecule has 9 nitrogen and oxygen atoms in total. The molecule has 1 fully saturated rings. The number of urea groups is 1. The smallest absolute Gasteiger partial charge is 0.497 e. The van der Waals surface area contributed by atoms with Gasteiger partial charge in [-0.3, -0.25) is 0 Å². The molecule has 13 heteroatoms. The zero-order valence-corrected chi connectivity index (χ0v) is 27.6. The van der Waals surface area contributed by atoms with Gasteiger partial charge in [0, 0.05) is 30.0 Å². The maximum atomic E-state index is 13.1. The molecule has 2 heterocycles. The topological polar surface area (TPSA) is 93.9 Å². The summed E-state index contributed by atoms with van der Waals surface area (Å²) in [6.45, 7) is 8.87. The minimum Gasteiger partial charge on any atom is -0.497 e. The fraction of sp³-hybridized carbons (Fsp3) is 0.353. The lowest BCUT2D eigenvalue weighted by atomic mass is 9.99. The van der Waals surface area contributed by atoms with E-state index in [0.717, 1.165) is 34.7 Å². The van der Waals surface area contributed by atoms with Gasteiger partial charge in [0.15, 0.2) is 11.0 Å². The Morgan fingerprint density at radius 1 is 1.06 bits per heavy atom. The Bertz CT molecular complexity index is 1710. The summed E-state index contributed by atoms with van der Waals surface area (Å²) in [4.78, 5) is 24.1. The second-order valence-electron chi connectivity index (χ2n) is 11.6. The van der Waals surface area contributed by atoms with Crippen LogP contribution in [0.4, 0.5) is 23.7 Å². The van der Waals surface area contributed by atoms with E-state index in [2.05, 4.69) is 56.9 Å². The number of benzene rings is 3. The molecule has 0 radical (unpaired) electrons. The van der Waals surface area contributed by atoms with Crippen LogP contribution in [-0.2, 0) is 0 Å². The Kier molecular flexibility index (Phi) is 10.4. The molecule has 0 spiro atoms. The summed E-state index contributed by atoms with van der Waals surface area (Å²) >= 11 is 1.58. The van der Waals surface area contributed by atoms with E-state index in [1.807, 2.05) is 43.3 Å². The number of alkyl halides is 3. The van der Waals surface area contributed by atoms with E-state index < -0.39 is 12.4 Å². The first-order valence-electron chi connectivity index (χ1n) is 15.3. The highest BCUT2D eigenvalue weighted by Crippen LogP contribution is 2.37. The van der Waals surface area contributed by atoms with Gasteiger partial charge in [-0.2, -0.15) is 4.99 Å². The Labute approximate surface area is 276 Å². The van der Waals surface area contributed by atoms with Crippen molar-refractivity contribution in [1.29, 1.82) is 0 Å². The number of aromatic nitrogens is 3. The van der Waals surface area contributed by atoms with Crippen molar-refractivity contribution in [3.05, 3.63) is 84.2 Å². The second-order valence-corrected chi connectivity index (χ2v) is 12.7. The Morgan fingerprint density at radius 3 is 2.43 bits per heavy atom. The quantitative estimate of drug-likeness (QED) is 0.193. The first-order valence-corrected chi connectivity index (χ1v) is 16.2. The number of halogens is 3. The van der Waals surface area contributed by atoms with E-state index in [4.69, 9.17) is 4.74 Å². The summed E-state index contributed by atoms with van der Waals surface area (Å²) in [6.07, 6.45) is -2.29. The van der Waals surface area contributed by atoms with Crippen molar-refractivity contribution in [2.45, 2.75) is 58.4 Å². The van der Waals surface area contributed by atoms with E-state index >= 15 is 0 Å². The summed E-state index contributed by atoms with van der Waals surface area (Å²) in [5.74, 6) is 2.08. The van der Waals surface area contributed by atoms with Gasteiger partial charge in [-0.15, -0.1) is 18.3 Å². The number of methoxy groups -OCH3 is 1. The molecule has 0 saturated carbocycles. The minimum atomic E-state index is -4.75. The molecule has 248 valence electrons. The molecule has 1 aliphatic rings. The van der Waals surface area contributed by atoms with Crippen LogP contribution in [0.25, 0.3) is 17.1 Å². The molecular formula is C34H37F3N6O3S. The number of amidine groups is 1. The van der Waals surface area contributed by atoms with Crippen molar-refractivity contribution in [2.75, 3.05) is 24.3 Å². The highest BCUT2D eigenvalue weighted by molar-refractivity contribution is 8.14. The fourth-order valence-electron chi connectivity index (χ4n) is 5.25. The van der Waals surface area contributed by atoms with Gasteiger partial charge in [0.2, 0.25) is 0 Å². The maximum absolute atomic E-state index is 13.1. The van der Waals surface area contributed by atoms with Gasteiger partial charge in [-0.1, -0.05) is 62.9 Å². The third kappa shape index (κ3) is 8.45. The molecule has 4 aromatic rings. The fourth-order valence-corrected chi connectivity index (χ4v) is 6.45. The van der Waals surface area contributed by atoms with Crippen LogP contribution in [0.1, 0.15) is 57.1 Å². The van der Waals surface area contributed by atoms with Crippen LogP contribution in [-0.4, -0.2) is 57.8 Å². The first-order chi connectivity index (χ1) is 22.4. The zero-order chi connectivity index (χ0) is 33.7. The summed E-state index contributed by atoms with van der Waals surface area (Å²) < 4.78 is 48.3. The lowest BCUT2D eigenvalue weighted by Crippen LogP contribution is -2.43. The van der Waals surface area contributed by atoms with Gasteiger partial charge in [0.25, 0.3) is 0 Å². The summed E-state index contributed by atoms with van der Waals surface area (Å²) in [7, 11) is 1.65. The van der Waals surface area contributed by atoms with Crippen LogP contribution < -0.4 is 19.7 Å². The molecule has 2 unspecified atom stereocenters. The number of ether oxygens (including phenoxy) is 2. The second kappa shape index (κ2) is 14.5. The van der Waals surface area contributed by atoms with Gasteiger partial charge in [0.1, 0.15) is 17.8 Å². The Morgan fingerprint density at radius 2 is 1.77 bits per heavy atom. The third-order valence-corrected chi connectivity index (χ3v) is 8.84. The summed E-state index contributed by atoms with van der Waals surface area (Å²) in [6, 6.07) is 18.9. The number of aliphatic imine (C=N–C) groups is 1. The monoisotopic (exact) mass is 666 g/mol. The van der Waals surface area contributed by atoms with E-state index in [1.165, 1.54) is 40.8 Å². The largest absolute Gasteiger partial charge is 0.573 e. The predicted molar refractivity (Wildman–Crippen MR) is 179 cm³/mol. The number of amides is 2. The van der Waals surface area contributed by atoms with Crippen molar-refractivity contribution < 1.29 is 27.4 Å². The highest BCUT2D eigenvalue weighted by Gasteiger charge is 2.31. The summed E-state index contributed by atoms with van der Waals surface area (Å²) in [5.41, 5.74) is 4.50. The molecule has 1 aliphatic heterocycles. The minimum absolute atomic E-state index is 0.0103. The van der Waals surface area contributed by atoms with Crippen LogP contribution in [0.15, 0.2) is 78.0 Å². The van der Waals surface area contributed by atoms with Gasteiger partial charge >= 0.3 is 12.4 Å². The summed E-state index contributed by atoms with van der Waals surface area (Å²) in [5, 5.41) is 8.10. The lowest BCUT2D eigenvalue weighted by molar-refractivity contribution is -0.274. The molecule has 0 bridgehead atoms. The van der Waals surface area contributed by atoms with Crippen molar-refractivity contribution in [3.63, 3.8) is 0 Å². The number of carbonyl (C=O) groups excluding carboxylic acids is 1. The molecular weight excluding hydrogens is 629 g/mol. The molecule has 47 heavy (non-hydrogen) atoms. The zero-order valence-electron chi connectivity index (χ0n) is 26.8. The third-order valence-electron chi connectivity index (χ3n) is 7.85. The number of anilines is 1. The number of hydrogen-bond acceptors (Lipinski definition) is 6. The number of hydrogen-bond donors (Lipinski definition) is 1. The van der Waals surface area contributed by atoms with E-state index in [9.17, 15) is 18.0 Å². The van der Waals surface area contributed by atoms with E-state index in [-0.39, 0.29) is 23.6 Å².